The summed E-state index contributed by atoms with van der Waals surface area (Å²) in [7, 11) is -1.75. The summed E-state index contributed by atoms with van der Waals surface area (Å²) in [4.78, 5) is 10.8. The van der Waals surface area contributed by atoms with Gasteiger partial charge in [-0.05, 0) is 19.6 Å². The van der Waals surface area contributed by atoms with Crippen LogP contribution in [0.3, 0.4) is 0 Å². The highest BCUT2D eigenvalue weighted by molar-refractivity contribution is 6.71. The molecule has 0 aromatic rings. The topological polar surface area (TPSA) is 26.3 Å². The van der Waals surface area contributed by atoms with Crippen LogP contribution in [0.1, 0.15) is 14.7 Å². The molecule has 0 saturated carbocycles. The summed E-state index contributed by atoms with van der Waals surface area (Å²) in [6.45, 7) is 7.29. The third kappa shape index (κ3) is 5.56. The van der Waals surface area contributed by atoms with Crippen LogP contribution in [0, 0.1) is 0 Å². The molecule has 9 heavy (non-hydrogen) atoms. The lowest BCUT2D eigenvalue weighted by atomic mass is 10.5. The van der Waals surface area contributed by atoms with E-state index in [-0.39, 0.29) is 0 Å². The summed E-state index contributed by atoms with van der Waals surface area (Å²) in [5, 5.41) is 0. The lowest BCUT2D eigenvalue weighted by Gasteiger charge is -2.15. The maximum Gasteiger partial charge on any atom is 0.292 e. The van der Waals surface area contributed by atoms with E-state index < -0.39 is 20.7 Å². The van der Waals surface area contributed by atoms with Crippen LogP contribution in [0.2, 0.25) is 19.6 Å². The second-order valence-electron chi connectivity index (χ2n) is 2.82. The molecule has 0 N–H and O–H groups in total. The third-order valence-corrected chi connectivity index (χ3v) is 1.46. The monoisotopic (exact) mass is 147 g/mol. The molecule has 2 nitrogen and oxygen atoms in total. The molecule has 0 spiro atoms. The zero-order chi connectivity index (χ0) is 8.36. The van der Waals surface area contributed by atoms with Crippen molar-refractivity contribution in [3.63, 3.8) is 0 Å². The van der Waals surface area contributed by atoms with Gasteiger partial charge in [0.2, 0.25) is 8.32 Å². The lowest BCUT2D eigenvalue weighted by Crippen LogP contribution is -2.28. The molecule has 0 bridgehead atoms. The molecule has 0 saturated heterocycles. The van der Waals surface area contributed by atoms with Crippen LogP contribution in [0.15, 0.2) is 0 Å². The fourth-order valence-corrected chi connectivity index (χ4v) is 1.08. The van der Waals surface area contributed by atoms with Crippen LogP contribution in [-0.4, -0.2) is 14.3 Å². The number of carbonyl (C=O) groups excluding carboxylic acids is 1. The normalized spacial score (nSPS) is 16.2. The Bertz CT molecular complexity index is 128. The van der Waals surface area contributed by atoms with E-state index >= 15 is 0 Å². The summed E-state index contributed by atoms with van der Waals surface area (Å²) in [6, 6.07) is 0. The van der Waals surface area contributed by atoms with Crippen LogP contribution in [0.25, 0.3) is 0 Å². The molecule has 0 aliphatic carbocycles. The molecule has 0 amide bonds. The summed E-state index contributed by atoms with van der Waals surface area (Å²) in [5.41, 5.74) is 0. The van der Waals surface area contributed by atoms with Gasteiger partial charge in [-0.3, -0.25) is 4.79 Å². The first kappa shape index (κ1) is 6.80. The zero-order valence-electron chi connectivity index (χ0n) is 7.39. The van der Waals surface area contributed by atoms with Crippen molar-refractivity contribution >= 4 is 14.3 Å². The minimum absolute atomic E-state index is 0.404. The molecule has 0 rings (SSSR count). The van der Waals surface area contributed by atoms with Gasteiger partial charge in [-0.2, -0.15) is 0 Å². The van der Waals surface area contributed by atoms with Crippen molar-refractivity contribution in [3.05, 3.63) is 0 Å². The molecular weight excluding hydrogens is 132 g/mol. The van der Waals surface area contributed by atoms with Crippen molar-refractivity contribution in [2.24, 2.45) is 0 Å². The number of rotatable bonds is 2. The Kier molecular flexibility index (Phi) is 2.27. The number of hydrogen-bond donors (Lipinski definition) is 0. The fraction of sp³-hybridized carbons (Fsp3) is 0.833. The highest BCUT2D eigenvalue weighted by atomic mass is 28.4. The van der Waals surface area contributed by atoms with E-state index in [1.807, 2.05) is 19.6 Å². The Labute approximate surface area is 58.7 Å². The van der Waals surface area contributed by atoms with E-state index in [1.54, 1.807) is 0 Å². The maximum absolute atomic E-state index is 10.8. The summed E-state index contributed by atoms with van der Waals surface area (Å²) in [6.07, 6.45) is -0.744. The molecule has 3 heteroatoms. The first-order valence-corrected chi connectivity index (χ1v) is 6.39. The van der Waals surface area contributed by atoms with Gasteiger partial charge in [0.05, 0.1) is 0 Å². The average Bonchev–Trinajstić information content (AvgIpc) is 1.60. The van der Waals surface area contributed by atoms with E-state index in [0.29, 0.717) is 0 Å². The minimum atomic E-state index is -1.75. The highest BCUT2D eigenvalue weighted by Gasteiger charge is 2.18. The largest absolute Gasteiger partial charge is 0.520 e. The maximum atomic E-state index is 10.8. The van der Waals surface area contributed by atoms with Gasteiger partial charge >= 0.3 is 0 Å². The molecule has 0 aromatic heterocycles. The number of hydrogen-bond acceptors (Lipinski definition) is 2. The van der Waals surface area contributed by atoms with Crippen molar-refractivity contribution in [1.82, 2.24) is 0 Å². The van der Waals surface area contributed by atoms with E-state index in [4.69, 9.17) is 5.80 Å². The Morgan fingerprint density at radius 2 is 2.11 bits per heavy atom. The van der Waals surface area contributed by atoms with Crippen molar-refractivity contribution in [2.45, 2.75) is 33.0 Å². The van der Waals surface area contributed by atoms with Gasteiger partial charge in [0, 0.05) is 7.77 Å². The molecule has 0 aliphatic heterocycles. The molecule has 0 heterocycles. The van der Waals surface area contributed by atoms with Crippen molar-refractivity contribution in [1.29, 1.82) is 0 Å². The van der Waals surface area contributed by atoms with E-state index in [2.05, 4.69) is 0 Å². The second kappa shape index (κ2) is 3.01. The SMILES string of the molecule is [2H]C(C)C(=O)O[Si](C)(C)C. The predicted octanol–water partition coefficient (Wildman–Crippen LogP) is 1.77. The molecule has 0 aliphatic rings. The van der Waals surface area contributed by atoms with Gasteiger partial charge in [-0.15, -0.1) is 0 Å². The third-order valence-electron chi connectivity index (χ3n) is 0.642. The molecule has 0 fully saturated rings. The number of carbonyl (C=O) groups is 1. The molecule has 54 valence electrons. The summed E-state index contributed by atoms with van der Waals surface area (Å²) < 4.78 is 12.0. The van der Waals surface area contributed by atoms with Gasteiger partial charge in [0.15, 0.2) is 0 Å². The predicted molar refractivity (Wildman–Crippen MR) is 39.7 cm³/mol. The standard InChI is InChI=1S/C6H14O2Si/c1-5-6(7)8-9(2,3)4/h5H2,1-4H3/i5D. The van der Waals surface area contributed by atoms with Crippen LogP contribution < -0.4 is 0 Å². The molecule has 0 radical (unpaired) electrons. The van der Waals surface area contributed by atoms with Gasteiger partial charge in [-0.1, -0.05) is 6.92 Å². The Hall–Kier alpha value is -0.313. The second-order valence-corrected chi connectivity index (χ2v) is 7.25. The molecule has 0 aromatic carbocycles. The highest BCUT2D eigenvalue weighted by Crippen LogP contribution is 2.03. The Morgan fingerprint density at radius 3 is 2.22 bits per heavy atom. The summed E-state index contributed by atoms with van der Waals surface area (Å²) >= 11 is 0. The van der Waals surface area contributed by atoms with E-state index in [1.165, 1.54) is 6.92 Å². The molecule has 1 unspecified atom stereocenters. The van der Waals surface area contributed by atoms with Gasteiger partial charge < -0.3 is 4.43 Å². The quantitative estimate of drug-likeness (QED) is 0.556. The first-order chi connectivity index (χ1) is 4.33. The average molecular weight is 147 g/mol. The Balaban J connectivity index is 3.81. The van der Waals surface area contributed by atoms with Gasteiger partial charge in [0.1, 0.15) is 0 Å². The first-order valence-electron chi connectivity index (χ1n) is 3.56. The van der Waals surface area contributed by atoms with Crippen LogP contribution >= 0.6 is 0 Å². The van der Waals surface area contributed by atoms with Crippen LogP contribution in [0.5, 0.6) is 0 Å². The minimum Gasteiger partial charge on any atom is -0.520 e. The Morgan fingerprint density at radius 1 is 1.67 bits per heavy atom. The van der Waals surface area contributed by atoms with Gasteiger partial charge in [-0.25, -0.2) is 0 Å². The fourth-order valence-electron chi connectivity index (χ4n) is 0.361. The smallest absolute Gasteiger partial charge is 0.292 e. The van der Waals surface area contributed by atoms with Gasteiger partial charge in [0.25, 0.3) is 5.97 Å². The van der Waals surface area contributed by atoms with Crippen molar-refractivity contribution < 1.29 is 10.6 Å². The molecule has 1 atom stereocenters. The van der Waals surface area contributed by atoms with E-state index in [0.717, 1.165) is 0 Å². The summed E-state index contributed by atoms with van der Waals surface area (Å²) in [5.74, 6) is -0.404. The van der Waals surface area contributed by atoms with E-state index in [9.17, 15) is 4.79 Å². The van der Waals surface area contributed by atoms with Crippen LogP contribution in [-0.2, 0) is 9.22 Å². The molecular formula is C6H14O2Si. The van der Waals surface area contributed by atoms with Crippen molar-refractivity contribution in [2.75, 3.05) is 0 Å². The zero-order valence-corrected chi connectivity index (χ0v) is 7.39. The lowest BCUT2D eigenvalue weighted by molar-refractivity contribution is -0.134. The van der Waals surface area contributed by atoms with Crippen molar-refractivity contribution in [3.8, 4) is 0 Å². The van der Waals surface area contributed by atoms with Crippen LogP contribution in [0.4, 0.5) is 0 Å².